The fourth-order valence-corrected chi connectivity index (χ4v) is 3.29. The topological polar surface area (TPSA) is 66.7 Å². The number of amides is 1. The molecule has 1 fully saturated rings. The Morgan fingerprint density at radius 3 is 2.33 bits per heavy atom. The van der Waals surface area contributed by atoms with Crippen molar-refractivity contribution in [1.82, 2.24) is 4.90 Å². The number of anilines is 1. The first-order valence-electron chi connectivity index (χ1n) is 9.05. The van der Waals surface area contributed by atoms with Crippen LogP contribution in [0.3, 0.4) is 0 Å². The Morgan fingerprint density at radius 2 is 1.70 bits per heavy atom. The molecule has 142 valence electrons. The minimum absolute atomic E-state index is 0.0717. The van der Waals surface area contributed by atoms with Crippen LogP contribution in [0.5, 0.6) is 0 Å². The van der Waals surface area contributed by atoms with Crippen LogP contribution >= 0.6 is 0 Å². The van der Waals surface area contributed by atoms with E-state index in [1.807, 2.05) is 4.90 Å². The number of rotatable bonds is 6. The highest BCUT2D eigenvalue weighted by Crippen LogP contribution is 2.21. The van der Waals surface area contributed by atoms with Crippen molar-refractivity contribution in [2.45, 2.75) is 19.3 Å². The molecule has 0 unspecified atom stereocenters. The molecule has 0 aromatic heterocycles. The molecule has 1 aliphatic rings. The maximum absolute atomic E-state index is 13.6. The largest absolute Gasteiger partial charge is 0.368 e. The Bertz CT molecular complexity index is 802. The van der Waals surface area contributed by atoms with Gasteiger partial charge < -0.3 is 9.80 Å². The van der Waals surface area contributed by atoms with Gasteiger partial charge in [0, 0.05) is 50.4 Å². The number of benzene rings is 2. The quantitative estimate of drug-likeness (QED) is 0.577. The number of nitro groups is 1. The maximum atomic E-state index is 13.6. The van der Waals surface area contributed by atoms with Gasteiger partial charge in [0.05, 0.1) is 4.92 Å². The number of nitro benzene ring substituents is 1. The number of nitrogens with zero attached hydrogens (tertiary/aromatic N) is 3. The molecular formula is C20H22FN3O3. The van der Waals surface area contributed by atoms with Gasteiger partial charge in [-0.25, -0.2) is 4.39 Å². The van der Waals surface area contributed by atoms with Crippen LogP contribution in [0.4, 0.5) is 15.8 Å². The number of hydrogen-bond donors (Lipinski definition) is 0. The molecule has 0 atom stereocenters. The van der Waals surface area contributed by atoms with Crippen LogP contribution in [0.25, 0.3) is 0 Å². The SMILES string of the molecule is O=C(CCCc1ccccc1F)N1CCN(c2ccc([N+](=O)[O-])cc2)CC1. The van der Waals surface area contributed by atoms with E-state index in [2.05, 4.69) is 4.90 Å². The van der Waals surface area contributed by atoms with Crippen LogP contribution in [0.1, 0.15) is 18.4 Å². The summed E-state index contributed by atoms with van der Waals surface area (Å²) in [6.07, 6.45) is 1.59. The lowest BCUT2D eigenvalue weighted by atomic mass is 10.1. The van der Waals surface area contributed by atoms with Gasteiger partial charge in [0.15, 0.2) is 0 Å². The molecular weight excluding hydrogens is 349 g/mol. The van der Waals surface area contributed by atoms with Gasteiger partial charge in [0.1, 0.15) is 5.82 Å². The molecule has 0 saturated carbocycles. The summed E-state index contributed by atoms with van der Waals surface area (Å²) < 4.78 is 13.6. The van der Waals surface area contributed by atoms with Gasteiger partial charge in [0.25, 0.3) is 5.69 Å². The number of hydrogen-bond acceptors (Lipinski definition) is 4. The number of non-ortho nitro benzene ring substituents is 1. The van der Waals surface area contributed by atoms with Crippen LogP contribution < -0.4 is 4.90 Å². The maximum Gasteiger partial charge on any atom is 0.269 e. The summed E-state index contributed by atoms with van der Waals surface area (Å²) in [4.78, 5) is 26.6. The first-order valence-corrected chi connectivity index (χ1v) is 9.05. The second-order valence-electron chi connectivity index (χ2n) is 6.59. The zero-order valence-electron chi connectivity index (χ0n) is 15.0. The predicted octanol–water partition coefficient (Wildman–Crippen LogP) is 3.41. The van der Waals surface area contributed by atoms with E-state index in [0.29, 0.717) is 51.0 Å². The minimum Gasteiger partial charge on any atom is -0.368 e. The highest BCUT2D eigenvalue weighted by atomic mass is 19.1. The van der Waals surface area contributed by atoms with E-state index >= 15 is 0 Å². The molecule has 1 heterocycles. The van der Waals surface area contributed by atoms with Crippen molar-refractivity contribution < 1.29 is 14.1 Å². The molecule has 0 aliphatic carbocycles. The Kier molecular flexibility index (Phi) is 6.01. The molecule has 0 N–H and O–H groups in total. The Balaban J connectivity index is 1.45. The smallest absolute Gasteiger partial charge is 0.269 e. The monoisotopic (exact) mass is 371 g/mol. The van der Waals surface area contributed by atoms with E-state index in [1.54, 1.807) is 30.3 Å². The number of halogens is 1. The molecule has 27 heavy (non-hydrogen) atoms. The second kappa shape index (κ2) is 8.62. The van der Waals surface area contributed by atoms with Gasteiger partial charge >= 0.3 is 0 Å². The van der Waals surface area contributed by atoms with Crippen LogP contribution in [0.15, 0.2) is 48.5 Å². The van der Waals surface area contributed by atoms with Crippen molar-refractivity contribution >= 4 is 17.3 Å². The summed E-state index contributed by atoms with van der Waals surface area (Å²) in [5, 5.41) is 10.7. The van der Waals surface area contributed by atoms with Crippen LogP contribution in [-0.2, 0) is 11.2 Å². The third kappa shape index (κ3) is 4.81. The fourth-order valence-electron chi connectivity index (χ4n) is 3.29. The third-order valence-electron chi connectivity index (χ3n) is 4.85. The lowest BCUT2D eigenvalue weighted by Gasteiger charge is -2.36. The summed E-state index contributed by atoms with van der Waals surface area (Å²) in [7, 11) is 0. The zero-order chi connectivity index (χ0) is 19.2. The van der Waals surface area contributed by atoms with Crippen LogP contribution in [-0.4, -0.2) is 41.9 Å². The second-order valence-corrected chi connectivity index (χ2v) is 6.59. The average molecular weight is 371 g/mol. The highest BCUT2D eigenvalue weighted by molar-refractivity contribution is 5.76. The molecule has 0 bridgehead atoms. The normalized spacial score (nSPS) is 14.3. The van der Waals surface area contributed by atoms with Crippen molar-refractivity contribution in [3.8, 4) is 0 Å². The number of carbonyl (C=O) groups excluding carboxylic acids is 1. The van der Waals surface area contributed by atoms with Gasteiger partial charge in [0.2, 0.25) is 5.91 Å². The van der Waals surface area contributed by atoms with Crippen molar-refractivity contribution in [1.29, 1.82) is 0 Å². The first-order chi connectivity index (χ1) is 13.0. The molecule has 1 amide bonds. The molecule has 7 heteroatoms. The summed E-state index contributed by atoms with van der Waals surface area (Å²) in [5.41, 5.74) is 1.64. The first kappa shape index (κ1) is 18.8. The molecule has 2 aromatic carbocycles. The van der Waals surface area contributed by atoms with E-state index in [4.69, 9.17) is 0 Å². The summed E-state index contributed by atoms with van der Waals surface area (Å²) in [5.74, 6) is -0.128. The summed E-state index contributed by atoms with van der Waals surface area (Å²) in [6, 6.07) is 13.1. The summed E-state index contributed by atoms with van der Waals surface area (Å²) in [6.45, 7) is 2.62. The lowest BCUT2D eigenvalue weighted by Crippen LogP contribution is -2.48. The van der Waals surface area contributed by atoms with E-state index < -0.39 is 4.92 Å². The van der Waals surface area contributed by atoms with Crippen molar-refractivity contribution in [3.63, 3.8) is 0 Å². The Labute approximate surface area is 157 Å². The zero-order valence-corrected chi connectivity index (χ0v) is 15.0. The van der Waals surface area contributed by atoms with Gasteiger partial charge in [-0.3, -0.25) is 14.9 Å². The van der Waals surface area contributed by atoms with Crippen LogP contribution in [0.2, 0.25) is 0 Å². The number of aryl methyl sites for hydroxylation is 1. The van der Waals surface area contributed by atoms with Crippen molar-refractivity contribution in [3.05, 3.63) is 70.0 Å². The van der Waals surface area contributed by atoms with Gasteiger partial charge in [-0.15, -0.1) is 0 Å². The van der Waals surface area contributed by atoms with Crippen molar-refractivity contribution in [2.24, 2.45) is 0 Å². The van der Waals surface area contributed by atoms with E-state index in [0.717, 1.165) is 5.69 Å². The molecule has 0 radical (unpaired) electrons. The molecule has 6 nitrogen and oxygen atoms in total. The minimum atomic E-state index is -0.415. The van der Waals surface area contributed by atoms with Gasteiger partial charge in [-0.1, -0.05) is 18.2 Å². The average Bonchev–Trinajstić information content (AvgIpc) is 2.69. The van der Waals surface area contributed by atoms with Gasteiger partial charge in [-0.2, -0.15) is 0 Å². The highest BCUT2D eigenvalue weighted by Gasteiger charge is 2.21. The van der Waals surface area contributed by atoms with E-state index in [1.165, 1.54) is 18.2 Å². The summed E-state index contributed by atoms with van der Waals surface area (Å²) >= 11 is 0. The molecule has 2 aromatic rings. The molecule has 0 spiro atoms. The standard InChI is InChI=1S/C20H22FN3O3/c21-19-6-2-1-4-16(19)5-3-7-20(25)23-14-12-22(13-15-23)17-8-10-18(11-9-17)24(26)27/h1-2,4,6,8-11H,3,5,7,12-15H2. The van der Waals surface area contributed by atoms with E-state index in [9.17, 15) is 19.3 Å². The molecule has 1 aliphatic heterocycles. The fraction of sp³-hybridized carbons (Fsp3) is 0.350. The molecule has 3 rings (SSSR count). The number of carbonyl (C=O) groups is 1. The van der Waals surface area contributed by atoms with Crippen LogP contribution in [0, 0.1) is 15.9 Å². The lowest BCUT2D eigenvalue weighted by molar-refractivity contribution is -0.384. The predicted molar refractivity (Wildman–Crippen MR) is 101 cm³/mol. The number of piperazine rings is 1. The third-order valence-corrected chi connectivity index (χ3v) is 4.85. The molecule has 1 saturated heterocycles. The van der Waals surface area contributed by atoms with Gasteiger partial charge in [-0.05, 0) is 36.6 Å². The Morgan fingerprint density at radius 1 is 1.04 bits per heavy atom. The Hall–Kier alpha value is -2.96. The van der Waals surface area contributed by atoms with Crippen molar-refractivity contribution in [2.75, 3.05) is 31.1 Å². The van der Waals surface area contributed by atoms with E-state index in [-0.39, 0.29) is 17.4 Å².